The Bertz CT molecular complexity index is 300. The molecule has 0 bridgehead atoms. The molecule has 0 rings (SSSR count). The minimum absolute atomic E-state index is 0. The number of hydrogen-bond acceptors (Lipinski definition) is 2. The molecule has 124 valence electrons. The number of ether oxygens (including phenoxy) is 1. The zero-order valence-electron chi connectivity index (χ0n) is 15.8. The van der Waals surface area contributed by atoms with Gasteiger partial charge in [0.1, 0.15) is 0 Å². The van der Waals surface area contributed by atoms with Gasteiger partial charge < -0.3 is 9.64 Å². The van der Waals surface area contributed by atoms with E-state index in [1.54, 1.807) is 0 Å². The summed E-state index contributed by atoms with van der Waals surface area (Å²) >= 11 is 0. The van der Waals surface area contributed by atoms with Crippen LogP contribution in [0.1, 0.15) is 58.8 Å². The van der Waals surface area contributed by atoms with E-state index < -0.39 is 0 Å². The molecule has 0 aliphatic heterocycles. The average Bonchev–Trinajstić information content (AvgIpc) is 2.43. The van der Waals surface area contributed by atoms with Gasteiger partial charge >= 0.3 is 18.9 Å². The van der Waals surface area contributed by atoms with E-state index in [4.69, 9.17) is 4.74 Å². The van der Waals surface area contributed by atoms with Crippen molar-refractivity contribution in [2.45, 2.75) is 64.9 Å². The number of unbranched alkanes of at least 4 members (excludes halogenated alkanes) is 2. The summed E-state index contributed by atoms with van der Waals surface area (Å²) in [5, 5.41) is 0. The summed E-state index contributed by atoms with van der Waals surface area (Å²) in [6.45, 7) is 14.2. The first-order valence-corrected chi connectivity index (χ1v) is 8.40. The van der Waals surface area contributed by atoms with Crippen molar-refractivity contribution in [3.05, 3.63) is 30.7 Å². The third kappa shape index (κ3) is 13.5. The number of nitrogens with zero attached hydrogens (tertiary/aromatic N) is 1. The third-order valence-corrected chi connectivity index (χ3v) is 3.74. The molecule has 1 atom stereocenters. The van der Waals surface area contributed by atoms with Gasteiger partial charge in [0.2, 0.25) is 0 Å². The van der Waals surface area contributed by atoms with E-state index in [1.807, 2.05) is 6.08 Å². The SMILES string of the molecule is C=C(C)C(CC/C(=C\[CH2-])CCCCC)OCCCN(C)C.[Li+]. The van der Waals surface area contributed by atoms with E-state index >= 15 is 0 Å². The molecule has 0 saturated carbocycles. The Balaban J connectivity index is 0. The molecular formula is C19H36LiNO. The average molecular weight is 301 g/mol. The van der Waals surface area contributed by atoms with Crippen LogP contribution in [0.4, 0.5) is 0 Å². The summed E-state index contributed by atoms with van der Waals surface area (Å²) < 4.78 is 6.00. The van der Waals surface area contributed by atoms with Gasteiger partial charge in [-0.2, -0.15) is 0 Å². The van der Waals surface area contributed by atoms with Crippen molar-refractivity contribution < 1.29 is 23.6 Å². The number of allylic oxidation sites excluding steroid dienone is 2. The van der Waals surface area contributed by atoms with Crippen LogP contribution in [0, 0.1) is 6.92 Å². The van der Waals surface area contributed by atoms with Crippen LogP contribution in [0.15, 0.2) is 23.8 Å². The summed E-state index contributed by atoms with van der Waals surface area (Å²) in [5.41, 5.74) is 2.60. The Morgan fingerprint density at radius 2 is 1.91 bits per heavy atom. The van der Waals surface area contributed by atoms with Crippen molar-refractivity contribution in [2.24, 2.45) is 0 Å². The molecule has 0 aromatic carbocycles. The van der Waals surface area contributed by atoms with Gasteiger partial charge in [-0.15, -0.1) is 0 Å². The van der Waals surface area contributed by atoms with Gasteiger partial charge in [-0.1, -0.05) is 51.2 Å². The van der Waals surface area contributed by atoms with Gasteiger partial charge in [-0.25, -0.2) is 18.6 Å². The zero-order chi connectivity index (χ0) is 16.1. The second-order valence-electron chi connectivity index (χ2n) is 6.22. The molecule has 0 N–H and O–H groups in total. The van der Waals surface area contributed by atoms with Crippen LogP contribution < -0.4 is 18.9 Å². The molecule has 3 heteroatoms. The smallest absolute Gasteiger partial charge is 0.374 e. The van der Waals surface area contributed by atoms with Crippen molar-refractivity contribution in [3.8, 4) is 0 Å². The fourth-order valence-electron chi connectivity index (χ4n) is 2.33. The van der Waals surface area contributed by atoms with Gasteiger partial charge in [0.15, 0.2) is 0 Å². The first kappa shape index (κ1) is 24.1. The van der Waals surface area contributed by atoms with Crippen molar-refractivity contribution in [2.75, 3.05) is 27.2 Å². The van der Waals surface area contributed by atoms with Crippen LogP contribution in [0.25, 0.3) is 0 Å². The molecule has 0 amide bonds. The predicted octanol–water partition coefficient (Wildman–Crippen LogP) is 2.02. The van der Waals surface area contributed by atoms with E-state index in [1.165, 1.54) is 31.3 Å². The summed E-state index contributed by atoms with van der Waals surface area (Å²) in [6, 6.07) is 0. The quantitative estimate of drug-likeness (QED) is 0.223. The van der Waals surface area contributed by atoms with Gasteiger partial charge in [0.25, 0.3) is 0 Å². The molecule has 0 radical (unpaired) electrons. The molecule has 0 aliphatic rings. The van der Waals surface area contributed by atoms with Crippen molar-refractivity contribution in [1.29, 1.82) is 0 Å². The predicted molar refractivity (Wildman–Crippen MR) is 94.5 cm³/mol. The Hall–Kier alpha value is -0.133. The second kappa shape index (κ2) is 15.8. The molecular weight excluding hydrogens is 265 g/mol. The topological polar surface area (TPSA) is 12.5 Å². The molecule has 22 heavy (non-hydrogen) atoms. The molecule has 0 aliphatic carbocycles. The zero-order valence-corrected chi connectivity index (χ0v) is 15.8. The van der Waals surface area contributed by atoms with Crippen molar-refractivity contribution >= 4 is 0 Å². The Morgan fingerprint density at radius 3 is 2.41 bits per heavy atom. The van der Waals surface area contributed by atoms with Crippen LogP contribution >= 0.6 is 0 Å². The fourth-order valence-corrected chi connectivity index (χ4v) is 2.33. The molecule has 0 aromatic heterocycles. The monoisotopic (exact) mass is 301 g/mol. The third-order valence-electron chi connectivity index (χ3n) is 3.74. The van der Waals surface area contributed by atoms with E-state index in [9.17, 15) is 0 Å². The van der Waals surface area contributed by atoms with Crippen molar-refractivity contribution in [3.63, 3.8) is 0 Å². The van der Waals surface area contributed by atoms with Crippen molar-refractivity contribution in [1.82, 2.24) is 4.90 Å². The summed E-state index contributed by atoms with van der Waals surface area (Å²) in [6.07, 6.45) is 10.5. The van der Waals surface area contributed by atoms with E-state index in [-0.39, 0.29) is 25.0 Å². The fraction of sp³-hybridized carbons (Fsp3) is 0.737. The largest absolute Gasteiger partial charge is 1.00 e. The van der Waals surface area contributed by atoms with Crippen LogP contribution in [0.3, 0.4) is 0 Å². The Kier molecular flexibility index (Phi) is 17.3. The summed E-state index contributed by atoms with van der Waals surface area (Å²) in [4.78, 5) is 2.19. The molecule has 1 unspecified atom stereocenters. The van der Waals surface area contributed by atoms with Gasteiger partial charge in [0.05, 0.1) is 6.10 Å². The molecule has 0 heterocycles. The molecule has 0 aromatic rings. The van der Waals surface area contributed by atoms with Crippen LogP contribution in [-0.4, -0.2) is 38.3 Å². The van der Waals surface area contributed by atoms with Gasteiger partial charge in [-0.3, -0.25) is 0 Å². The van der Waals surface area contributed by atoms with Crippen LogP contribution in [-0.2, 0) is 4.74 Å². The van der Waals surface area contributed by atoms with Crippen LogP contribution in [0.2, 0.25) is 0 Å². The van der Waals surface area contributed by atoms with Gasteiger partial charge in [0, 0.05) is 6.61 Å². The Labute approximate surface area is 151 Å². The Morgan fingerprint density at radius 1 is 1.23 bits per heavy atom. The standard InChI is InChI=1S/C19H36NO.Li/c1-7-9-10-12-18(8-2)13-14-19(17(3)4)21-16-11-15-20(5)6;/h8,19H,2-3,7,9-16H2,1,4-6H3;/q-1;+1/b18-8-;. The summed E-state index contributed by atoms with van der Waals surface area (Å²) in [5.74, 6) is 0. The first-order valence-electron chi connectivity index (χ1n) is 8.40. The van der Waals surface area contributed by atoms with E-state index in [0.717, 1.165) is 38.0 Å². The maximum Gasteiger partial charge on any atom is 1.00 e. The minimum Gasteiger partial charge on any atom is -0.374 e. The summed E-state index contributed by atoms with van der Waals surface area (Å²) in [7, 11) is 4.19. The first-order chi connectivity index (χ1) is 10.0. The maximum absolute atomic E-state index is 6.00. The molecule has 2 nitrogen and oxygen atoms in total. The molecule has 0 saturated heterocycles. The van der Waals surface area contributed by atoms with Gasteiger partial charge in [-0.05, 0) is 40.4 Å². The van der Waals surface area contributed by atoms with E-state index in [2.05, 4.69) is 46.3 Å². The minimum atomic E-state index is 0. The van der Waals surface area contributed by atoms with Crippen LogP contribution in [0.5, 0.6) is 0 Å². The molecule has 0 fully saturated rings. The normalized spacial score (nSPS) is 13.0. The number of hydrogen-bond donors (Lipinski definition) is 0. The molecule has 0 spiro atoms. The van der Waals surface area contributed by atoms with E-state index in [0.29, 0.717) is 0 Å². The number of rotatable bonds is 13. The maximum atomic E-state index is 6.00. The second-order valence-corrected chi connectivity index (χ2v) is 6.22.